The van der Waals surface area contributed by atoms with Gasteiger partial charge in [0, 0.05) is 19.1 Å². The van der Waals surface area contributed by atoms with Crippen molar-refractivity contribution in [1.29, 1.82) is 0 Å². The monoisotopic (exact) mass is 407 g/mol. The second-order valence-corrected chi connectivity index (χ2v) is 7.39. The lowest BCUT2D eigenvalue weighted by atomic mass is 10.0. The Morgan fingerprint density at radius 1 is 0.800 bits per heavy atom. The smallest absolute Gasteiger partial charge is 0.118 e. The van der Waals surface area contributed by atoms with E-state index in [2.05, 4.69) is 15.1 Å². The quantitative estimate of drug-likeness (QED) is 0.580. The Labute approximate surface area is 178 Å². The maximum Gasteiger partial charge on any atom is 0.118 e. The van der Waals surface area contributed by atoms with Crippen molar-refractivity contribution in [1.82, 2.24) is 15.1 Å². The second-order valence-electron chi connectivity index (χ2n) is 7.39. The van der Waals surface area contributed by atoms with Gasteiger partial charge in [-0.3, -0.25) is 4.90 Å². The molecule has 0 saturated heterocycles. The summed E-state index contributed by atoms with van der Waals surface area (Å²) in [6, 6.07) is 19.5. The fraction of sp³-hybridized carbons (Fsp3) is 0.333. The number of rotatable bonds is 9. The van der Waals surface area contributed by atoms with E-state index in [1.54, 1.807) is 14.2 Å². The number of methoxy groups -OCH3 is 2. The van der Waals surface area contributed by atoms with E-state index in [-0.39, 0.29) is 6.04 Å². The van der Waals surface area contributed by atoms with Crippen LogP contribution >= 0.6 is 0 Å². The predicted octanol–water partition coefficient (Wildman–Crippen LogP) is 3.93. The molecule has 0 radical (unpaired) electrons. The Morgan fingerprint density at radius 3 is 1.70 bits per heavy atom. The Bertz CT molecular complexity index is 862. The van der Waals surface area contributed by atoms with E-state index in [4.69, 9.17) is 9.47 Å². The Kier molecular flexibility index (Phi) is 7.38. The number of aliphatic hydroxyl groups excluding tert-OH is 1. The zero-order chi connectivity index (χ0) is 21.5. The highest BCUT2D eigenvalue weighted by Gasteiger charge is 2.25. The van der Waals surface area contributed by atoms with Crippen molar-refractivity contribution < 1.29 is 14.6 Å². The first kappa shape index (κ1) is 21.7. The van der Waals surface area contributed by atoms with Crippen LogP contribution in [0.25, 0.3) is 0 Å². The zero-order valence-corrected chi connectivity index (χ0v) is 17.9. The molecule has 3 rings (SSSR count). The number of aromatic nitrogens is 2. The van der Waals surface area contributed by atoms with Crippen LogP contribution < -0.4 is 9.47 Å². The molecule has 0 aliphatic rings. The maximum absolute atomic E-state index is 11.0. The number of aliphatic hydroxyl groups is 1. The lowest BCUT2D eigenvalue weighted by molar-refractivity contribution is 0.0451. The summed E-state index contributed by atoms with van der Waals surface area (Å²) in [7, 11) is 3.32. The molecule has 30 heavy (non-hydrogen) atoms. The summed E-state index contributed by atoms with van der Waals surface area (Å²) in [4.78, 5) is 2.23. The molecular weight excluding hydrogens is 378 g/mol. The van der Waals surface area contributed by atoms with Crippen molar-refractivity contribution in [2.45, 2.75) is 39.1 Å². The van der Waals surface area contributed by atoms with Crippen LogP contribution in [0.3, 0.4) is 0 Å². The average molecular weight is 408 g/mol. The van der Waals surface area contributed by atoms with Crippen LogP contribution in [0.15, 0.2) is 60.7 Å². The lowest BCUT2D eigenvalue weighted by Crippen LogP contribution is -2.37. The van der Waals surface area contributed by atoms with Gasteiger partial charge in [-0.25, -0.2) is 0 Å². The van der Waals surface area contributed by atoms with E-state index in [1.807, 2.05) is 74.5 Å². The summed E-state index contributed by atoms with van der Waals surface area (Å²) < 4.78 is 10.5. The van der Waals surface area contributed by atoms with E-state index in [1.165, 1.54) is 0 Å². The number of nitrogens with zero attached hydrogens (tertiary/aromatic N) is 3. The molecule has 1 heterocycles. The first-order valence-corrected chi connectivity index (χ1v) is 9.98. The summed E-state index contributed by atoms with van der Waals surface area (Å²) in [5.74, 6) is 1.65. The molecule has 0 amide bonds. The van der Waals surface area contributed by atoms with Gasteiger partial charge in [-0.1, -0.05) is 24.3 Å². The first-order chi connectivity index (χ1) is 14.5. The molecule has 0 aliphatic carbocycles. The topological polar surface area (TPSA) is 67.7 Å². The highest BCUT2D eigenvalue weighted by molar-refractivity contribution is 5.29. The largest absolute Gasteiger partial charge is 0.497 e. The molecule has 1 N–H and O–H groups in total. The average Bonchev–Trinajstić information content (AvgIpc) is 2.79. The van der Waals surface area contributed by atoms with Crippen LogP contribution in [0, 0.1) is 6.92 Å². The minimum atomic E-state index is -0.755. The van der Waals surface area contributed by atoms with E-state index in [9.17, 15) is 5.11 Å². The summed E-state index contributed by atoms with van der Waals surface area (Å²) in [6.07, 6.45) is -0.755. The molecule has 0 saturated carbocycles. The Hall–Kier alpha value is -2.96. The van der Waals surface area contributed by atoms with Crippen molar-refractivity contribution in [3.8, 4) is 11.5 Å². The van der Waals surface area contributed by atoms with Crippen molar-refractivity contribution in [2.75, 3.05) is 14.2 Å². The number of hydrogen-bond acceptors (Lipinski definition) is 6. The SMILES string of the molecule is COc1ccc(CN(Cc2ccc(OC)cc2)[C@@H](C)[C@@H](O)c2ccc(C)nn2)cc1. The van der Waals surface area contributed by atoms with Gasteiger partial charge >= 0.3 is 0 Å². The van der Waals surface area contributed by atoms with Gasteiger partial charge in [0.25, 0.3) is 0 Å². The molecule has 0 fully saturated rings. The Balaban J connectivity index is 1.82. The minimum absolute atomic E-state index is 0.175. The number of aryl methyl sites for hydroxylation is 1. The van der Waals surface area contributed by atoms with Crippen LogP contribution in [0.4, 0.5) is 0 Å². The third kappa shape index (κ3) is 5.55. The van der Waals surface area contributed by atoms with Gasteiger partial charge in [0.15, 0.2) is 0 Å². The first-order valence-electron chi connectivity index (χ1n) is 9.98. The maximum atomic E-state index is 11.0. The van der Waals surface area contributed by atoms with Crippen LogP contribution in [0.5, 0.6) is 11.5 Å². The van der Waals surface area contributed by atoms with Crippen LogP contribution in [0.2, 0.25) is 0 Å². The van der Waals surface area contributed by atoms with Crippen molar-refractivity contribution >= 4 is 0 Å². The molecule has 2 atom stereocenters. The summed E-state index contributed by atoms with van der Waals surface area (Å²) >= 11 is 0. The van der Waals surface area contributed by atoms with Gasteiger partial charge in [-0.2, -0.15) is 10.2 Å². The molecule has 2 aromatic carbocycles. The minimum Gasteiger partial charge on any atom is -0.497 e. The highest BCUT2D eigenvalue weighted by Crippen LogP contribution is 2.24. The molecule has 0 unspecified atom stereocenters. The van der Waals surface area contributed by atoms with Gasteiger partial charge in [-0.15, -0.1) is 0 Å². The summed E-state index contributed by atoms with van der Waals surface area (Å²) in [5, 5.41) is 19.3. The lowest BCUT2D eigenvalue weighted by Gasteiger charge is -2.32. The van der Waals surface area contributed by atoms with Gasteiger partial charge < -0.3 is 14.6 Å². The van der Waals surface area contributed by atoms with E-state index >= 15 is 0 Å². The van der Waals surface area contributed by atoms with Gasteiger partial charge in [0.2, 0.25) is 0 Å². The van der Waals surface area contributed by atoms with E-state index in [0.29, 0.717) is 18.8 Å². The number of benzene rings is 2. The van der Waals surface area contributed by atoms with Gasteiger partial charge in [0.05, 0.1) is 25.6 Å². The third-order valence-electron chi connectivity index (χ3n) is 5.24. The zero-order valence-electron chi connectivity index (χ0n) is 17.9. The van der Waals surface area contributed by atoms with Crippen LogP contribution in [-0.2, 0) is 13.1 Å². The third-order valence-corrected chi connectivity index (χ3v) is 5.24. The van der Waals surface area contributed by atoms with E-state index in [0.717, 1.165) is 28.3 Å². The van der Waals surface area contributed by atoms with Crippen molar-refractivity contribution in [3.05, 3.63) is 83.2 Å². The van der Waals surface area contributed by atoms with Crippen LogP contribution in [0.1, 0.15) is 35.5 Å². The highest BCUT2D eigenvalue weighted by atomic mass is 16.5. The predicted molar refractivity (Wildman–Crippen MR) is 116 cm³/mol. The van der Waals surface area contributed by atoms with Crippen molar-refractivity contribution in [3.63, 3.8) is 0 Å². The normalized spacial score (nSPS) is 13.1. The second kappa shape index (κ2) is 10.2. The molecule has 3 aromatic rings. The standard InChI is InChI=1S/C24H29N3O3/c1-17-5-14-23(26-25-17)24(28)18(2)27(15-19-6-10-21(29-3)11-7-19)16-20-8-12-22(30-4)13-9-20/h5-14,18,24,28H,15-16H2,1-4H3/t18-,24+/m0/s1. The Morgan fingerprint density at radius 2 is 1.30 bits per heavy atom. The molecule has 6 heteroatoms. The summed E-state index contributed by atoms with van der Waals surface area (Å²) in [6.45, 7) is 5.24. The molecule has 158 valence electrons. The van der Waals surface area contributed by atoms with Gasteiger partial charge in [-0.05, 0) is 61.4 Å². The van der Waals surface area contributed by atoms with Crippen molar-refractivity contribution in [2.24, 2.45) is 0 Å². The fourth-order valence-electron chi connectivity index (χ4n) is 3.29. The molecule has 0 spiro atoms. The van der Waals surface area contributed by atoms with Gasteiger partial charge in [0.1, 0.15) is 17.6 Å². The number of ether oxygens (including phenoxy) is 2. The molecule has 0 bridgehead atoms. The molecule has 1 aromatic heterocycles. The number of hydrogen-bond donors (Lipinski definition) is 1. The molecule has 6 nitrogen and oxygen atoms in total. The summed E-state index contributed by atoms with van der Waals surface area (Å²) in [5.41, 5.74) is 3.67. The van der Waals surface area contributed by atoms with Crippen LogP contribution in [-0.4, -0.2) is 40.5 Å². The van der Waals surface area contributed by atoms with E-state index < -0.39 is 6.10 Å². The molecular formula is C24H29N3O3. The molecule has 0 aliphatic heterocycles. The fourth-order valence-corrected chi connectivity index (χ4v) is 3.29.